The van der Waals surface area contributed by atoms with Crippen molar-refractivity contribution in [2.24, 2.45) is 16.7 Å². The molecule has 0 amide bonds. The molecule has 2 fully saturated rings. The highest BCUT2D eigenvalue weighted by Gasteiger charge is 2.83. The molecule has 9 nitrogen and oxygen atoms in total. The Morgan fingerprint density at radius 1 is 0.980 bits per heavy atom. The van der Waals surface area contributed by atoms with E-state index in [9.17, 15) is 24.9 Å². The number of carbonyl (C=O) groups excluding carboxylic acids is 3. The summed E-state index contributed by atoms with van der Waals surface area (Å²) in [4.78, 5) is 43.7. The number of hydrogen-bond acceptors (Lipinski definition) is 9. The highest BCUT2D eigenvalue weighted by atomic mass is 16.8. The first-order valence-corrected chi connectivity index (χ1v) is 17.9. The zero-order chi connectivity index (χ0) is 35.4. The molecule has 262 valence electrons. The molecule has 3 N–H and O–H groups in total. The van der Waals surface area contributed by atoms with E-state index in [1.165, 1.54) is 6.08 Å². The van der Waals surface area contributed by atoms with E-state index in [0.29, 0.717) is 41.5 Å². The molecule has 1 aromatic rings. The van der Waals surface area contributed by atoms with Crippen molar-refractivity contribution in [1.82, 2.24) is 0 Å². The summed E-state index contributed by atoms with van der Waals surface area (Å²) in [6.45, 7) is 15.6. The Bertz CT molecular complexity index is 1880. The minimum atomic E-state index is -2.64. The van der Waals surface area contributed by atoms with Gasteiger partial charge in [-0.1, -0.05) is 46.6 Å². The molecule has 2 heterocycles. The van der Waals surface area contributed by atoms with Gasteiger partial charge in [0.25, 0.3) is 0 Å². The van der Waals surface area contributed by atoms with Crippen LogP contribution >= 0.6 is 0 Å². The molecule has 8 unspecified atom stereocenters. The molecule has 49 heavy (non-hydrogen) atoms. The van der Waals surface area contributed by atoms with Crippen molar-refractivity contribution in [3.05, 3.63) is 56.7 Å². The Hall–Kier alpha value is -3.11. The van der Waals surface area contributed by atoms with Gasteiger partial charge in [0.1, 0.15) is 0 Å². The van der Waals surface area contributed by atoms with Gasteiger partial charge < -0.3 is 29.5 Å². The van der Waals surface area contributed by atoms with Gasteiger partial charge in [0, 0.05) is 58.5 Å². The monoisotopic (exact) mass is 672 g/mol. The minimum Gasteiger partial charge on any atom is -0.439 e. The Morgan fingerprint density at radius 2 is 1.67 bits per heavy atom. The van der Waals surface area contributed by atoms with Crippen LogP contribution in [0.5, 0.6) is 11.5 Å². The molecular formula is C40H48O9. The number of hydrogen-bond donors (Lipinski definition) is 3. The van der Waals surface area contributed by atoms with Crippen LogP contribution in [-0.2, 0) is 19.7 Å². The largest absolute Gasteiger partial charge is 0.439 e. The number of rotatable bonds is 2. The van der Waals surface area contributed by atoms with Crippen molar-refractivity contribution >= 4 is 17.3 Å². The molecule has 1 aromatic carbocycles. The molecule has 0 bridgehead atoms. The third-order valence-electron chi connectivity index (χ3n) is 13.9. The number of fused-ring (bicyclic) bond motifs is 10. The molecule has 1 saturated heterocycles. The van der Waals surface area contributed by atoms with E-state index >= 15 is 4.79 Å². The fourth-order valence-corrected chi connectivity index (χ4v) is 11.1. The highest BCUT2D eigenvalue weighted by molar-refractivity contribution is 6.19. The van der Waals surface area contributed by atoms with Gasteiger partial charge in [0.2, 0.25) is 17.2 Å². The fourth-order valence-electron chi connectivity index (χ4n) is 11.1. The highest BCUT2D eigenvalue weighted by Crippen LogP contribution is 2.68. The maximum atomic E-state index is 15.5. The van der Waals surface area contributed by atoms with E-state index in [1.807, 2.05) is 20.8 Å². The first-order valence-electron chi connectivity index (χ1n) is 17.9. The summed E-state index contributed by atoms with van der Waals surface area (Å²) in [5, 5.41) is 36.0. The summed E-state index contributed by atoms with van der Waals surface area (Å²) in [6, 6.07) is 1.77. The van der Waals surface area contributed by atoms with Crippen LogP contribution in [0.1, 0.15) is 128 Å². The average Bonchev–Trinajstić information content (AvgIpc) is 3.55. The summed E-state index contributed by atoms with van der Waals surface area (Å²) in [7, 11) is 0. The lowest BCUT2D eigenvalue weighted by Crippen LogP contribution is -2.77. The summed E-state index contributed by atoms with van der Waals surface area (Å²) >= 11 is 0. The SMILES string of the molecule is CC1=C(C)C2=CC(=O)C3=C(C(=O)C4(Oc5c(C(C)CO)cc6c(c5O4)C4(C)CCCC(C)(C)C4CC6=O)C4(O)CC(C)OC34O)C2(C)CC1. The first kappa shape index (κ1) is 33.1. The van der Waals surface area contributed by atoms with Crippen LogP contribution in [-0.4, -0.2) is 62.6 Å². The van der Waals surface area contributed by atoms with E-state index in [1.54, 1.807) is 19.9 Å². The zero-order valence-corrected chi connectivity index (χ0v) is 29.8. The molecule has 2 aliphatic heterocycles. The fraction of sp³-hybridized carbons (Fsp3) is 0.625. The Labute approximate surface area is 287 Å². The van der Waals surface area contributed by atoms with E-state index in [4.69, 9.17) is 14.2 Å². The number of carbonyl (C=O) groups is 3. The number of ether oxygens (including phenoxy) is 3. The third kappa shape index (κ3) is 3.73. The van der Waals surface area contributed by atoms with Crippen molar-refractivity contribution in [2.45, 2.75) is 135 Å². The number of allylic oxidation sites excluding steroid dienone is 4. The van der Waals surface area contributed by atoms with E-state index in [0.717, 1.165) is 30.4 Å². The quantitative estimate of drug-likeness (QED) is 0.363. The van der Waals surface area contributed by atoms with Gasteiger partial charge >= 0.3 is 5.79 Å². The number of ketones is 3. The number of Topliss-reactive ketones (excluding diaryl/α,β-unsaturated/α-hetero) is 2. The molecule has 0 radical (unpaired) electrons. The molecule has 8 atom stereocenters. The van der Waals surface area contributed by atoms with Crippen molar-refractivity contribution in [3.8, 4) is 11.5 Å². The summed E-state index contributed by atoms with van der Waals surface area (Å²) in [5.74, 6) is -6.73. The predicted octanol–water partition coefficient (Wildman–Crippen LogP) is 5.67. The molecule has 5 aliphatic carbocycles. The third-order valence-corrected chi connectivity index (χ3v) is 13.9. The second-order valence-corrected chi connectivity index (χ2v) is 17.3. The van der Waals surface area contributed by atoms with Crippen LogP contribution in [0.2, 0.25) is 0 Å². The van der Waals surface area contributed by atoms with Gasteiger partial charge in [-0.15, -0.1) is 0 Å². The standard InChI is InChI=1S/C40H48O9/c1-19-10-13-36(7)25(22(19)4)15-27(43)30-31(36)34(44)40(38(45)17-21(3)47-39(30,38)46)48-32-23(20(2)18-41)14-24-26(42)16-28-35(5,6)11-9-12-37(28,8)29(24)33(32)49-40/h14-15,20-21,28,41,45-46H,9-13,16-18H2,1-8H3. The summed E-state index contributed by atoms with van der Waals surface area (Å²) in [6.07, 6.45) is 4.61. The van der Waals surface area contributed by atoms with Crippen LogP contribution in [0.25, 0.3) is 0 Å². The van der Waals surface area contributed by atoms with Crippen LogP contribution in [0.3, 0.4) is 0 Å². The molecule has 7 aliphatic rings. The number of benzene rings is 1. The summed E-state index contributed by atoms with van der Waals surface area (Å²) < 4.78 is 19.9. The van der Waals surface area contributed by atoms with Crippen molar-refractivity contribution in [1.29, 1.82) is 0 Å². The van der Waals surface area contributed by atoms with Crippen LogP contribution in [0.4, 0.5) is 0 Å². The summed E-state index contributed by atoms with van der Waals surface area (Å²) in [5.41, 5.74) is -0.169. The van der Waals surface area contributed by atoms with Crippen molar-refractivity contribution in [3.63, 3.8) is 0 Å². The van der Waals surface area contributed by atoms with Crippen LogP contribution in [0, 0.1) is 16.7 Å². The smallest absolute Gasteiger partial charge is 0.352 e. The molecule has 8 rings (SSSR count). The number of aliphatic hydroxyl groups is 3. The van der Waals surface area contributed by atoms with Crippen molar-refractivity contribution in [2.75, 3.05) is 6.61 Å². The maximum Gasteiger partial charge on any atom is 0.352 e. The lowest BCUT2D eigenvalue weighted by Gasteiger charge is -2.54. The Kier molecular flexibility index (Phi) is 6.62. The number of aliphatic hydroxyl groups excluding tert-OH is 1. The van der Waals surface area contributed by atoms with Gasteiger partial charge in [0.15, 0.2) is 23.1 Å². The Balaban J connectivity index is 1.41. The molecular weight excluding hydrogens is 624 g/mol. The lowest BCUT2D eigenvalue weighted by atomic mass is 9.50. The Morgan fingerprint density at radius 3 is 2.37 bits per heavy atom. The van der Waals surface area contributed by atoms with E-state index in [-0.39, 0.29) is 52.8 Å². The van der Waals surface area contributed by atoms with Gasteiger partial charge in [-0.05, 0) is 81.1 Å². The first-order chi connectivity index (χ1) is 22.8. The second-order valence-electron chi connectivity index (χ2n) is 17.3. The topological polar surface area (TPSA) is 140 Å². The van der Waals surface area contributed by atoms with E-state index in [2.05, 4.69) is 20.8 Å². The molecule has 1 spiro atoms. The lowest BCUT2D eigenvalue weighted by molar-refractivity contribution is -0.310. The van der Waals surface area contributed by atoms with Gasteiger partial charge in [-0.3, -0.25) is 14.4 Å². The van der Waals surface area contributed by atoms with Crippen LogP contribution in [0.15, 0.2) is 40.0 Å². The molecule has 9 heteroatoms. The van der Waals surface area contributed by atoms with Gasteiger partial charge in [-0.2, -0.15) is 0 Å². The van der Waals surface area contributed by atoms with E-state index < -0.39 is 51.6 Å². The normalized spacial score (nSPS) is 40.9. The average molecular weight is 673 g/mol. The molecule has 1 saturated carbocycles. The maximum absolute atomic E-state index is 15.5. The van der Waals surface area contributed by atoms with Crippen molar-refractivity contribution < 1.29 is 43.9 Å². The molecule has 0 aromatic heterocycles. The second kappa shape index (κ2) is 9.81. The van der Waals surface area contributed by atoms with Crippen LogP contribution < -0.4 is 9.47 Å². The minimum absolute atomic E-state index is 0.0202. The predicted molar refractivity (Wildman–Crippen MR) is 179 cm³/mol. The van der Waals surface area contributed by atoms with Gasteiger partial charge in [-0.25, -0.2) is 0 Å². The van der Waals surface area contributed by atoms with Gasteiger partial charge in [0.05, 0.1) is 11.7 Å². The zero-order valence-electron chi connectivity index (χ0n) is 29.8.